The van der Waals surface area contributed by atoms with Crippen LogP contribution in [0, 0.1) is 23.7 Å². The third-order valence-electron chi connectivity index (χ3n) is 4.57. The quantitative estimate of drug-likeness (QED) is 0.785. The highest BCUT2D eigenvalue weighted by Crippen LogP contribution is 2.38. The zero-order valence-corrected chi connectivity index (χ0v) is 11.7. The molecule has 0 bridgehead atoms. The van der Waals surface area contributed by atoms with Gasteiger partial charge < -0.3 is 15.7 Å². The molecule has 1 saturated carbocycles. The van der Waals surface area contributed by atoms with E-state index in [9.17, 15) is 19.5 Å². The van der Waals surface area contributed by atoms with Crippen molar-refractivity contribution in [1.29, 1.82) is 0 Å². The van der Waals surface area contributed by atoms with Gasteiger partial charge in [0.2, 0.25) is 11.8 Å². The molecule has 20 heavy (non-hydrogen) atoms. The van der Waals surface area contributed by atoms with Gasteiger partial charge >= 0.3 is 5.97 Å². The highest BCUT2D eigenvalue weighted by molar-refractivity contribution is 5.86. The first-order valence-corrected chi connectivity index (χ1v) is 7.21. The summed E-state index contributed by atoms with van der Waals surface area (Å²) in [5, 5.41) is 9.24. The molecule has 1 aliphatic heterocycles. The van der Waals surface area contributed by atoms with E-state index in [1.54, 1.807) is 4.90 Å². The Kier molecular flexibility index (Phi) is 4.30. The number of likely N-dealkylation sites (tertiary alicyclic amines) is 1. The van der Waals surface area contributed by atoms with E-state index in [1.807, 2.05) is 6.92 Å². The third kappa shape index (κ3) is 2.94. The van der Waals surface area contributed by atoms with Crippen LogP contribution in [-0.2, 0) is 14.4 Å². The van der Waals surface area contributed by atoms with Crippen molar-refractivity contribution in [3.05, 3.63) is 0 Å². The zero-order valence-electron chi connectivity index (χ0n) is 11.7. The van der Waals surface area contributed by atoms with E-state index in [0.29, 0.717) is 32.4 Å². The van der Waals surface area contributed by atoms with Gasteiger partial charge in [-0.25, -0.2) is 0 Å². The van der Waals surface area contributed by atoms with Crippen LogP contribution < -0.4 is 5.73 Å². The number of amides is 2. The number of carbonyl (C=O) groups excluding carboxylic acids is 2. The number of carboxylic acid groups (broad SMARTS) is 1. The summed E-state index contributed by atoms with van der Waals surface area (Å²) in [6.45, 7) is 2.91. The molecule has 2 fully saturated rings. The van der Waals surface area contributed by atoms with Gasteiger partial charge in [0.25, 0.3) is 0 Å². The molecule has 112 valence electrons. The van der Waals surface area contributed by atoms with E-state index in [4.69, 9.17) is 5.73 Å². The fourth-order valence-electron chi connectivity index (χ4n) is 3.48. The van der Waals surface area contributed by atoms with E-state index in [-0.39, 0.29) is 23.7 Å². The summed E-state index contributed by atoms with van der Waals surface area (Å²) in [6.07, 6.45) is 2.63. The van der Waals surface area contributed by atoms with Crippen molar-refractivity contribution in [2.45, 2.75) is 32.6 Å². The van der Waals surface area contributed by atoms with E-state index >= 15 is 0 Å². The standard InChI is InChI=1S/C14H22N2O4/c1-8-5-10(11(6-8)14(19)20)13(18)16-4-2-3-9(7-16)12(15)17/h8-11H,2-7H2,1H3,(H2,15,17)(H,19,20)/t8?,9?,10-,11+/m0/s1. The van der Waals surface area contributed by atoms with Gasteiger partial charge in [0, 0.05) is 13.1 Å². The number of nitrogens with two attached hydrogens (primary N) is 1. The molecule has 0 aromatic heterocycles. The van der Waals surface area contributed by atoms with Gasteiger partial charge in [-0.3, -0.25) is 14.4 Å². The molecular formula is C14H22N2O4. The summed E-state index contributed by atoms with van der Waals surface area (Å²) in [5.41, 5.74) is 5.31. The Labute approximate surface area is 118 Å². The average molecular weight is 282 g/mol. The maximum atomic E-state index is 12.5. The molecular weight excluding hydrogens is 260 g/mol. The van der Waals surface area contributed by atoms with Gasteiger partial charge in [0.05, 0.1) is 17.8 Å². The Morgan fingerprint density at radius 2 is 1.85 bits per heavy atom. The van der Waals surface area contributed by atoms with Gasteiger partial charge in [-0.15, -0.1) is 0 Å². The Morgan fingerprint density at radius 3 is 2.45 bits per heavy atom. The minimum Gasteiger partial charge on any atom is -0.481 e. The minimum atomic E-state index is -0.892. The molecule has 2 amide bonds. The van der Waals surface area contributed by atoms with Crippen molar-refractivity contribution >= 4 is 17.8 Å². The molecule has 2 aliphatic rings. The van der Waals surface area contributed by atoms with E-state index in [1.165, 1.54) is 0 Å². The van der Waals surface area contributed by atoms with Crippen LogP contribution in [0.5, 0.6) is 0 Å². The number of hydrogen-bond donors (Lipinski definition) is 2. The topological polar surface area (TPSA) is 101 Å². The van der Waals surface area contributed by atoms with Gasteiger partial charge in [0.15, 0.2) is 0 Å². The Bertz CT molecular complexity index is 423. The lowest BCUT2D eigenvalue weighted by Crippen LogP contribution is -2.47. The second-order valence-electron chi connectivity index (χ2n) is 6.15. The Balaban J connectivity index is 2.06. The highest BCUT2D eigenvalue weighted by Gasteiger charge is 2.43. The van der Waals surface area contributed by atoms with Gasteiger partial charge in [-0.1, -0.05) is 6.92 Å². The lowest BCUT2D eigenvalue weighted by molar-refractivity contribution is -0.150. The normalized spacial score (nSPS) is 34.0. The summed E-state index contributed by atoms with van der Waals surface area (Å²) in [5.74, 6) is -2.47. The number of nitrogens with zero attached hydrogens (tertiary/aromatic N) is 1. The summed E-state index contributed by atoms with van der Waals surface area (Å²) < 4.78 is 0. The Hall–Kier alpha value is -1.59. The highest BCUT2D eigenvalue weighted by atomic mass is 16.4. The number of hydrogen-bond acceptors (Lipinski definition) is 3. The number of carboxylic acids is 1. The second-order valence-corrected chi connectivity index (χ2v) is 6.15. The van der Waals surface area contributed by atoms with E-state index in [0.717, 1.165) is 6.42 Å². The Morgan fingerprint density at radius 1 is 1.20 bits per heavy atom. The smallest absolute Gasteiger partial charge is 0.307 e. The van der Waals surface area contributed by atoms with Crippen LogP contribution in [0.1, 0.15) is 32.6 Å². The lowest BCUT2D eigenvalue weighted by atomic mass is 9.91. The first-order chi connectivity index (χ1) is 9.40. The minimum absolute atomic E-state index is 0.118. The van der Waals surface area contributed by atoms with E-state index in [2.05, 4.69) is 0 Å². The summed E-state index contributed by atoms with van der Waals surface area (Å²) in [7, 11) is 0. The number of aliphatic carboxylic acids is 1. The van der Waals surface area contributed by atoms with Gasteiger partial charge in [0.1, 0.15) is 0 Å². The number of primary amides is 1. The van der Waals surface area contributed by atoms with Crippen LogP contribution in [0.15, 0.2) is 0 Å². The second kappa shape index (κ2) is 5.81. The van der Waals surface area contributed by atoms with Crippen molar-refractivity contribution in [3.8, 4) is 0 Å². The maximum absolute atomic E-state index is 12.5. The van der Waals surface area contributed by atoms with Crippen LogP contribution in [0.2, 0.25) is 0 Å². The van der Waals surface area contributed by atoms with Crippen LogP contribution in [0.4, 0.5) is 0 Å². The molecule has 1 saturated heterocycles. The maximum Gasteiger partial charge on any atom is 0.307 e. The summed E-state index contributed by atoms with van der Waals surface area (Å²) in [6, 6.07) is 0. The molecule has 1 heterocycles. The lowest BCUT2D eigenvalue weighted by Gasteiger charge is -2.33. The zero-order chi connectivity index (χ0) is 14.9. The first-order valence-electron chi connectivity index (χ1n) is 7.21. The fraction of sp³-hybridized carbons (Fsp3) is 0.786. The molecule has 6 nitrogen and oxygen atoms in total. The molecule has 3 N–H and O–H groups in total. The summed E-state index contributed by atoms with van der Waals surface area (Å²) >= 11 is 0. The third-order valence-corrected chi connectivity index (χ3v) is 4.57. The molecule has 0 spiro atoms. The van der Waals surface area contributed by atoms with Crippen molar-refractivity contribution in [2.75, 3.05) is 13.1 Å². The summed E-state index contributed by atoms with van der Waals surface area (Å²) in [4.78, 5) is 36.7. The van der Waals surface area contributed by atoms with Crippen LogP contribution in [0.3, 0.4) is 0 Å². The monoisotopic (exact) mass is 282 g/mol. The molecule has 0 aromatic carbocycles. The van der Waals surface area contributed by atoms with Gasteiger partial charge in [-0.05, 0) is 31.6 Å². The van der Waals surface area contributed by atoms with Crippen molar-refractivity contribution in [2.24, 2.45) is 29.4 Å². The fourth-order valence-corrected chi connectivity index (χ4v) is 3.48. The van der Waals surface area contributed by atoms with Crippen molar-refractivity contribution in [3.63, 3.8) is 0 Å². The predicted octanol–water partition coefficient (Wildman–Crippen LogP) is 0.457. The largest absolute Gasteiger partial charge is 0.481 e. The van der Waals surface area contributed by atoms with Crippen LogP contribution in [-0.4, -0.2) is 40.9 Å². The number of carbonyl (C=O) groups is 3. The average Bonchev–Trinajstić information content (AvgIpc) is 2.80. The number of piperidine rings is 1. The van der Waals surface area contributed by atoms with Crippen molar-refractivity contribution in [1.82, 2.24) is 4.90 Å². The molecule has 4 atom stereocenters. The number of rotatable bonds is 3. The molecule has 2 unspecified atom stereocenters. The van der Waals surface area contributed by atoms with Crippen LogP contribution >= 0.6 is 0 Å². The van der Waals surface area contributed by atoms with E-state index < -0.39 is 17.8 Å². The van der Waals surface area contributed by atoms with Gasteiger partial charge in [-0.2, -0.15) is 0 Å². The first kappa shape index (κ1) is 14.8. The molecule has 6 heteroatoms. The molecule has 0 aromatic rings. The SMILES string of the molecule is CC1C[C@H](C(=O)N2CCCC(C(N)=O)C2)[C@H](C(=O)O)C1. The molecule has 0 radical (unpaired) electrons. The van der Waals surface area contributed by atoms with Crippen molar-refractivity contribution < 1.29 is 19.5 Å². The molecule has 1 aliphatic carbocycles. The predicted molar refractivity (Wildman–Crippen MR) is 71.5 cm³/mol. The molecule has 2 rings (SSSR count). The van der Waals surface area contributed by atoms with Crippen LogP contribution in [0.25, 0.3) is 0 Å².